The van der Waals surface area contributed by atoms with Gasteiger partial charge >= 0.3 is 10.3 Å². The zero-order valence-corrected chi connectivity index (χ0v) is 8.61. The largest absolute Gasteiger partial charge is 0.595 e. The molecule has 0 fully saturated rings. The van der Waals surface area contributed by atoms with Crippen LogP contribution in [0.2, 0.25) is 0 Å². The first-order valence-electron chi connectivity index (χ1n) is 3.91. The van der Waals surface area contributed by atoms with E-state index in [9.17, 15) is 13.6 Å². The van der Waals surface area contributed by atoms with Gasteiger partial charge in [-0.05, 0) is 12.1 Å². The number of rotatable bonds is 4. The van der Waals surface area contributed by atoms with Gasteiger partial charge in [0.25, 0.3) is 0 Å². The number of nitrogens with one attached hydrogen (secondary N) is 2. The van der Waals surface area contributed by atoms with Crippen molar-refractivity contribution >= 4 is 16.0 Å². The molecule has 1 atom stereocenters. The molecule has 0 saturated heterocycles. The van der Waals surface area contributed by atoms with Crippen LogP contribution in [0, 0.1) is 5.21 Å². The van der Waals surface area contributed by atoms with E-state index in [1.807, 2.05) is 4.72 Å². The van der Waals surface area contributed by atoms with Gasteiger partial charge in [0.15, 0.2) is 5.69 Å². The zero-order chi connectivity index (χ0) is 11.5. The van der Waals surface area contributed by atoms with Crippen LogP contribution in [0.25, 0.3) is 0 Å². The van der Waals surface area contributed by atoms with Gasteiger partial charge in [-0.25, -0.2) is 5.21 Å². The third-order valence-corrected chi connectivity index (χ3v) is 2.47. The van der Waals surface area contributed by atoms with Crippen LogP contribution in [0.3, 0.4) is 0 Å². The molecule has 0 aromatic heterocycles. The van der Waals surface area contributed by atoms with Gasteiger partial charge in [0.05, 0.1) is 0 Å². The van der Waals surface area contributed by atoms with Crippen molar-refractivity contribution in [3.63, 3.8) is 0 Å². The topological polar surface area (TPSA) is 103 Å². The Morgan fingerprint density at radius 2 is 1.93 bits per heavy atom. The Hall–Kier alpha value is -1.19. The first-order valence-corrected chi connectivity index (χ1v) is 5.32. The van der Waals surface area contributed by atoms with E-state index < -0.39 is 15.5 Å². The van der Waals surface area contributed by atoms with E-state index in [2.05, 4.69) is 4.18 Å². The smallest absolute Gasteiger partial charge is 0.382 e. The second-order valence-corrected chi connectivity index (χ2v) is 4.05. The summed E-state index contributed by atoms with van der Waals surface area (Å²) in [7, 11) is -2.59. The molecule has 0 aliphatic heterocycles. The molecule has 1 rings (SSSR count). The van der Waals surface area contributed by atoms with Crippen LogP contribution in [0.15, 0.2) is 24.3 Å². The first kappa shape index (κ1) is 11.9. The van der Waals surface area contributed by atoms with Crippen molar-refractivity contribution in [3.05, 3.63) is 29.5 Å². The second-order valence-electron chi connectivity index (χ2n) is 2.57. The maximum absolute atomic E-state index is 10.9. The Labute approximate surface area is 86.7 Å². The van der Waals surface area contributed by atoms with Crippen LogP contribution in [-0.4, -0.2) is 20.7 Å². The van der Waals surface area contributed by atoms with Gasteiger partial charge in [-0.3, -0.25) is 0 Å². The van der Waals surface area contributed by atoms with Gasteiger partial charge in [-0.2, -0.15) is 18.4 Å². The van der Waals surface area contributed by atoms with Crippen LogP contribution in [0.1, 0.15) is 0 Å². The predicted octanol–water partition coefficient (Wildman–Crippen LogP) is -1.07. The minimum Gasteiger partial charge on any atom is -0.595 e. The Morgan fingerprint density at radius 3 is 2.33 bits per heavy atom. The highest BCUT2D eigenvalue weighted by Gasteiger charge is 2.09. The van der Waals surface area contributed by atoms with E-state index in [0.717, 1.165) is 0 Å². The molecule has 0 bridgehead atoms. The van der Waals surface area contributed by atoms with Gasteiger partial charge in [-0.1, -0.05) is 0 Å². The van der Waals surface area contributed by atoms with Crippen molar-refractivity contribution in [3.8, 4) is 5.75 Å². The summed E-state index contributed by atoms with van der Waals surface area (Å²) in [6, 6.07) is 5.03. The molecule has 0 aliphatic carbocycles. The fourth-order valence-electron chi connectivity index (χ4n) is 0.821. The average molecular weight is 234 g/mol. The summed E-state index contributed by atoms with van der Waals surface area (Å²) in [6.07, 6.45) is 0. The normalized spacial score (nSPS) is 13.5. The molecule has 15 heavy (non-hydrogen) atoms. The van der Waals surface area contributed by atoms with Crippen molar-refractivity contribution in [2.24, 2.45) is 0 Å². The third kappa shape index (κ3) is 3.46. The average Bonchev–Trinajstić information content (AvgIpc) is 2.18. The van der Waals surface area contributed by atoms with E-state index >= 15 is 0 Å². The molecule has 0 aliphatic rings. The lowest BCUT2D eigenvalue weighted by molar-refractivity contribution is -0.991. The molecule has 8 heteroatoms. The molecule has 0 saturated carbocycles. The fourth-order valence-corrected chi connectivity index (χ4v) is 1.27. The molecular weight excluding hydrogens is 224 g/mol. The summed E-state index contributed by atoms with van der Waals surface area (Å²) >= 11 is 0. The number of quaternary nitrogens is 1. The summed E-state index contributed by atoms with van der Waals surface area (Å²) in [5, 5.41) is 18.0. The van der Waals surface area contributed by atoms with E-state index in [4.69, 9.17) is 5.21 Å². The van der Waals surface area contributed by atoms with Gasteiger partial charge in [0.1, 0.15) is 5.75 Å². The molecule has 1 unspecified atom stereocenters. The Morgan fingerprint density at radius 1 is 1.40 bits per heavy atom. The molecular formula is C7H10N2O5S. The van der Waals surface area contributed by atoms with Gasteiger partial charge in [-0.15, -0.1) is 0 Å². The Kier molecular flexibility index (Phi) is 3.61. The van der Waals surface area contributed by atoms with Crippen molar-refractivity contribution in [1.29, 1.82) is 0 Å². The van der Waals surface area contributed by atoms with E-state index in [1.54, 1.807) is 0 Å². The standard InChI is InChI=1S/C7H10N2O5S/c1-8-15(12,13)14-7-4-2-6(3-5-7)9(10)11/h2-5,8-10H,1H3. The highest BCUT2D eigenvalue weighted by molar-refractivity contribution is 7.85. The third-order valence-electron chi connectivity index (χ3n) is 1.56. The van der Waals surface area contributed by atoms with Gasteiger partial charge < -0.3 is 9.39 Å². The van der Waals surface area contributed by atoms with E-state index in [-0.39, 0.29) is 11.4 Å². The lowest BCUT2D eigenvalue weighted by atomic mass is 10.3. The molecule has 7 nitrogen and oxygen atoms in total. The summed E-state index contributed by atoms with van der Waals surface area (Å²) in [5.41, 5.74) is 0.0594. The number of hydrogen-bond acceptors (Lipinski definition) is 5. The SMILES string of the molecule is CNS(=O)(=O)Oc1ccc([NH+]([O-])O)cc1. The van der Waals surface area contributed by atoms with Crippen LogP contribution >= 0.6 is 0 Å². The molecule has 1 aromatic rings. The lowest BCUT2D eigenvalue weighted by Gasteiger charge is -2.11. The highest BCUT2D eigenvalue weighted by atomic mass is 32.2. The minimum atomic E-state index is -3.80. The quantitative estimate of drug-likeness (QED) is 0.576. The van der Waals surface area contributed by atoms with Crippen LogP contribution in [-0.2, 0) is 10.3 Å². The monoisotopic (exact) mass is 234 g/mol. The summed E-state index contributed by atoms with van der Waals surface area (Å²) in [4.78, 5) is 0. The molecule has 0 radical (unpaired) electrons. The highest BCUT2D eigenvalue weighted by Crippen LogP contribution is 2.14. The Balaban J connectivity index is 2.82. The van der Waals surface area contributed by atoms with Crippen LogP contribution < -0.4 is 14.1 Å². The maximum atomic E-state index is 10.9. The molecule has 0 amide bonds. The molecule has 0 spiro atoms. The lowest BCUT2D eigenvalue weighted by Crippen LogP contribution is -2.99. The molecule has 84 valence electrons. The summed E-state index contributed by atoms with van der Waals surface area (Å²) < 4.78 is 28.4. The first-order chi connectivity index (χ1) is 6.94. The fraction of sp³-hybridized carbons (Fsp3) is 0.143. The van der Waals surface area contributed by atoms with E-state index in [0.29, 0.717) is 0 Å². The van der Waals surface area contributed by atoms with Crippen LogP contribution in [0.5, 0.6) is 5.75 Å². The number of benzene rings is 1. The maximum Gasteiger partial charge on any atom is 0.382 e. The minimum absolute atomic E-state index is 0.0503. The van der Waals surface area contributed by atoms with Gasteiger partial charge in [0.2, 0.25) is 0 Å². The van der Waals surface area contributed by atoms with E-state index in [1.165, 1.54) is 31.3 Å². The zero-order valence-electron chi connectivity index (χ0n) is 7.80. The van der Waals surface area contributed by atoms with Crippen molar-refractivity contribution < 1.29 is 23.0 Å². The van der Waals surface area contributed by atoms with Crippen LogP contribution in [0.4, 0.5) is 5.69 Å². The second kappa shape index (κ2) is 4.55. The molecule has 1 aromatic carbocycles. The number of hydrogen-bond donors (Lipinski definition) is 3. The van der Waals surface area contributed by atoms with Crippen molar-refractivity contribution in [2.45, 2.75) is 0 Å². The summed E-state index contributed by atoms with van der Waals surface area (Å²) in [5.74, 6) is 0.0503. The van der Waals surface area contributed by atoms with Gasteiger partial charge in [0, 0.05) is 19.2 Å². The Bertz CT molecular complexity index is 414. The van der Waals surface area contributed by atoms with Crippen molar-refractivity contribution in [1.82, 2.24) is 4.72 Å². The van der Waals surface area contributed by atoms with Crippen molar-refractivity contribution in [2.75, 3.05) is 7.05 Å². The molecule has 0 heterocycles. The predicted molar refractivity (Wildman–Crippen MR) is 50.8 cm³/mol. The summed E-state index contributed by atoms with van der Waals surface area (Å²) in [6.45, 7) is 0. The molecule has 3 N–H and O–H groups in total.